The highest BCUT2D eigenvalue weighted by Gasteiger charge is 2.30. The SMILES string of the molecule is COc1cccc(CC(=O)N2CC[C@H](c3nc4ccncc4n3C)C2)c1. The Hall–Kier alpha value is -2.89. The van der Waals surface area contributed by atoms with Crippen LogP contribution in [0.25, 0.3) is 11.0 Å². The van der Waals surface area contributed by atoms with E-state index in [1.54, 1.807) is 13.3 Å². The lowest BCUT2D eigenvalue weighted by molar-refractivity contribution is -0.129. The van der Waals surface area contributed by atoms with Crippen molar-refractivity contribution in [1.29, 1.82) is 0 Å². The van der Waals surface area contributed by atoms with Crippen LogP contribution in [0.2, 0.25) is 0 Å². The zero-order valence-corrected chi connectivity index (χ0v) is 15.1. The minimum absolute atomic E-state index is 0.154. The Balaban J connectivity index is 1.47. The molecule has 26 heavy (non-hydrogen) atoms. The normalized spacial score (nSPS) is 17.0. The Labute approximate surface area is 152 Å². The summed E-state index contributed by atoms with van der Waals surface area (Å²) >= 11 is 0. The standard InChI is InChI=1S/C20H22N4O2/c1-23-18-12-21-8-6-17(18)22-20(23)15-7-9-24(13-15)19(25)11-14-4-3-5-16(10-14)26-2/h3-6,8,10,12,15H,7,9,11,13H2,1-2H3/t15-/m0/s1. The Kier molecular flexibility index (Phi) is 4.32. The van der Waals surface area contributed by atoms with Crippen LogP contribution in [0.4, 0.5) is 0 Å². The molecule has 1 atom stereocenters. The molecule has 1 aliphatic rings. The van der Waals surface area contributed by atoms with Gasteiger partial charge in [-0.05, 0) is 30.2 Å². The van der Waals surface area contributed by atoms with E-state index in [0.717, 1.165) is 41.1 Å². The van der Waals surface area contributed by atoms with Crippen molar-refractivity contribution in [3.05, 3.63) is 54.1 Å². The number of aromatic nitrogens is 3. The van der Waals surface area contributed by atoms with Gasteiger partial charge in [0.2, 0.25) is 5.91 Å². The van der Waals surface area contributed by atoms with Crippen LogP contribution in [0.5, 0.6) is 5.75 Å². The van der Waals surface area contributed by atoms with Crippen molar-refractivity contribution in [2.45, 2.75) is 18.8 Å². The van der Waals surface area contributed by atoms with Crippen molar-refractivity contribution < 1.29 is 9.53 Å². The average molecular weight is 350 g/mol. The number of pyridine rings is 1. The lowest BCUT2D eigenvalue weighted by Crippen LogP contribution is -2.30. The van der Waals surface area contributed by atoms with E-state index in [-0.39, 0.29) is 11.8 Å². The molecule has 0 unspecified atom stereocenters. The van der Waals surface area contributed by atoms with Crippen molar-refractivity contribution in [1.82, 2.24) is 19.4 Å². The molecule has 134 valence electrons. The summed E-state index contributed by atoms with van der Waals surface area (Å²) in [5.74, 6) is 2.23. The van der Waals surface area contributed by atoms with E-state index >= 15 is 0 Å². The Morgan fingerprint density at radius 1 is 1.35 bits per heavy atom. The molecule has 0 radical (unpaired) electrons. The van der Waals surface area contributed by atoms with Gasteiger partial charge in [-0.1, -0.05) is 12.1 Å². The zero-order valence-electron chi connectivity index (χ0n) is 15.1. The highest BCUT2D eigenvalue weighted by molar-refractivity contribution is 5.79. The van der Waals surface area contributed by atoms with Gasteiger partial charge >= 0.3 is 0 Å². The number of benzene rings is 1. The molecule has 0 N–H and O–H groups in total. The Bertz CT molecular complexity index is 950. The van der Waals surface area contributed by atoms with Gasteiger partial charge in [0.05, 0.1) is 30.8 Å². The molecule has 3 aromatic rings. The fourth-order valence-corrected chi connectivity index (χ4v) is 3.69. The van der Waals surface area contributed by atoms with Crippen molar-refractivity contribution in [3.63, 3.8) is 0 Å². The number of carbonyl (C=O) groups excluding carboxylic acids is 1. The quantitative estimate of drug-likeness (QED) is 0.725. The topological polar surface area (TPSA) is 60.2 Å². The molecule has 0 spiro atoms. The van der Waals surface area contributed by atoms with Crippen LogP contribution in [0.1, 0.15) is 23.7 Å². The lowest BCUT2D eigenvalue weighted by atomic mass is 10.1. The van der Waals surface area contributed by atoms with E-state index in [1.165, 1.54) is 0 Å². The zero-order chi connectivity index (χ0) is 18.1. The van der Waals surface area contributed by atoms with Gasteiger partial charge in [0.25, 0.3) is 0 Å². The maximum Gasteiger partial charge on any atom is 0.227 e. The number of ether oxygens (including phenoxy) is 1. The van der Waals surface area contributed by atoms with Gasteiger partial charge in [-0.2, -0.15) is 0 Å². The predicted molar refractivity (Wildman–Crippen MR) is 99.1 cm³/mol. The minimum Gasteiger partial charge on any atom is -0.497 e. The van der Waals surface area contributed by atoms with E-state index in [1.807, 2.05) is 48.5 Å². The van der Waals surface area contributed by atoms with Crippen LogP contribution in [-0.2, 0) is 18.3 Å². The van der Waals surface area contributed by atoms with Crippen LogP contribution >= 0.6 is 0 Å². The third-order valence-electron chi connectivity index (χ3n) is 5.11. The van der Waals surface area contributed by atoms with E-state index in [0.29, 0.717) is 13.0 Å². The molecule has 1 aromatic carbocycles. The summed E-state index contributed by atoms with van der Waals surface area (Å²) in [7, 11) is 3.66. The molecule has 1 aliphatic heterocycles. The number of hydrogen-bond acceptors (Lipinski definition) is 4. The van der Waals surface area contributed by atoms with Crippen LogP contribution in [0.15, 0.2) is 42.7 Å². The smallest absolute Gasteiger partial charge is 0.227 e. The first-order valence-corrected chi connectivity index (χ1v) is 8.82. The molecule has 1 fully saturated rings. The second kappa shape index (κ2) is 6.78. The fraction of sp³-hybridized carbons (Fsp3) is 0.350. The van der Waals surface area contributed by atoms with E-state index < -0.39 is 0 Å². The minimum atomic E-state index is 0.154. The molecule has 1 amide bonds. The van der Waals surface area contributed by atoms with Gasteiger partial charge in [0.1, 0.15) is 11.6 Å². The molecule has 4 rings (SSSR count). The van der Waals surface area contributed by atoms with E-state index in [9.17, 15) is 4.79 Å². The molecular formula is C20H22N4O2. The van der Waals surface area contributed by atoms with Crippen molar-refractivity contribution in [3.8, 4) is 5.75 Å². The summed E-state index contributed by atoms with van der Waals surface area (Å²) in [5.41, 5.74) is 2.97. The average Bonchev–Trinajstić information content (AvgIpc) is 3.27. The monoisotopic (exact) mass is 350 g/mol. The number of amides is 1. The summed E-state index contributed by atoms with van der Waals surface area (Å²) in [5, 5.41) is 0. The van der Waals surface area contributed by atoms with Crippen molar-refractivity contribution >= 4 is 16.9 Å². The molecule has 1 saturated heterocycles. The van der Waals surface area contributed by atoms with Crippen LogP contribution in [-0.4, -0.2) is 45.5 Å². The summed E-state index contributed by atoms with van der Waals surface area (Å²) in [6, 6.07) is 9.62. The first-order valence-electron chi connectivity index (χ1n) is 8.82. The number of imidazole rings is 1. The summed E-state index contributed by atoms with van der Waals surface area (Å²) in [4.78, 5) is 23.6. The van der Waals surface area contributed by atoms with Gasteiger partial charge in [-0.3, -0.25) is 9.78 Å². The largest absolute Gasteiger partial charge is 0.497 e. The highest BCUT2D eigenvalue weighted by atomic mass is 16.5. The van der Waals surface area contributed by atoms with Gasteiger partial charge in [-0.15, -0.1) is 0 Å². The fourth-order valence-electron chi connectivity index (χ4n) is 3.69. The molecule has 0 aliphatic carbocycles. The van der Waals surface area contributed by atoms with Gasteiger partial charge < -0.3 is 14.2 Å². The van der Waals surface area contributed by atoms with Crippen LogP contribution in [0, 0.1) is 0 Å². The van der Waals surface area contributed by atoms with Gasteiger partial charge in [-0.25, -0.2) is 4.98 Å². The second-order valence-corrected chi connectivity index (χ2v) is 6.75. The number of nitrogens with zero attached hydrogens (tertiary/aromatic N) is 4. The van der Waals surface area contributed by atoms with Gasteiger partial charge in [0, 0.05) is 32.3 Å². The summed E-state index contributed by atoms with van der Waals surface area (Å²) in [6.07, 6.45) is 4.94. The van der Waals surface area contributed by atoms with Gasteiger partial charge in [0.15, 0.2) is 0 Å². The highest BCUT2D eigenvalue weighted by Crippen LogP contribution is 2.29. The summed E-state index contributed by atoms with van der Waals surface area (Å²) < 4.78 is 7.34. The summed E-state index contributed by atoms with van der Waals surface area (Å²) in [6.45, 7) is 1.49. The molecule has 2 aromatic heterocycles. The maximum absolute atomic E-state index is 12.7. The first kappa shape index (κ1) is 16.6. The predicted octanol–water partition coefficient (Wildman–Crippen LogP) is 2.54. The molecular weight excluding hydrogens is 328 g/mol. The molecule has 3 heterocycles. The number of methoxy groups -OCH3 is 1. The Morgan fingerprint density at radius 3 is 3.04 bits per heavy atom. The second-order valence-electron chi connectivity index (χ2n) is 6.75. The number of carbonyl (C=O) groups is 1. The van der Waals surface area contributed by atoms with Crippen LogP contribution < -0.4 is 4.74 Å². The third-order valence-corrected chi connectivity index (χ3v) is 5.11. The van der Waals surface area contributed by atoms with Crippen LogP contribution in [0.3, 0.4) is 0 Å². The number of rotatable bonds is 4. The number of likely N-dealkylation sites (tertiary alicyclic amines) is 1. The number of fused-ring (bicyclic) bond motifs is 1. The number of aryl methyl sites for hydroxylation is 1. The third kappa shape index (κ3) is 3.03. The van der Waals surface area contributed by atoms with Crippen molar-refractivity contribution in [2.75, 3.05) is 20.2 Å². The number of hydrogen-bond donors (Lipinski definition) is 0. The maximum atomic E-state index is 12.7. The van der Waals surface area contributed by atoms with Crippen molar-refractivity contribution in [2.24, 2.45) is 7.05 Å². The molecule has 6 heteroatoms. The molecule has 0 bridgehead atoms. The lowest BCUT2D eigenvalue weighted by Gasteiger charge is -2.17. The Morgan fingerprint density at radius 2 is 2.23 bits per heavy atom. The molecule has 0 saturated carbocycles. The molecule has 6 nitrogen and oxygen atoms in total. The first-order chi connectivity index (χ1) is 12.7. The van der Waals surface area contributed by atoms with E-state index in [2.05, 4.69) is 9.55 Å². The van der Waals surface area contributed by atoms with E-state index in [4.69, 9.17) is 9.72 Å².